The van der Waals surface area contributed by atoms with Crippen LogP contribution in [0.15, 0.2) is 67.1 Å². The van der Waals surface area contributed by atoms with Crippen molar-refractivity contribution in [3.8, 4) is 16.9 Å². The highest BCUT2D eigenvalue weighted by atomic mass is 16.5. The smallest absolute Gasteiger partial charge is 0.222 e. The number of pyridine rings is 2. The van der Waals surface area contributed by atoms with Gasteiger partial charge >= 0.3 is 0 Å². The Morgan fingerprint density at radius 1 is 0.971 bits per heavy atom. The number of carbonyl (C=O) groups is 1. The predicted octanol–water partition coefficient (Wildman–Crippen LogP) is 3.00. The van der Waals surface area contributed by atoms with Crippen LogP contribution in [0.2, 0.25) is 0 Å². The molecule has 184 valence electrons. The lowest BCUT2D eigenvalue weighted by atomic mass is 10.1. The van der Waals surface area contributed by atoms with Crippen LogP contribution in [0.4, 0.5) is 5.82 Å². The number of carbonyl (C=O) groups excluding carboxylic acids is 1. The maximum absolute atomic E-state index is 12.1. The Hall–Kier alpha value is -3.49. The molecule has 8 nitrogen and oxygen atoms in total. The average molecular weight is 476 g/mol. The summed E-state index contributed by atoms with van der Waals surface area (Å²) in [5.41, 5.74) is 3.31. The Bertz CT molecular complexity index is 1050. The molecule has 0 bridgehead atoms. The fourth-order valence-corrected chi connectivity index (χ4v) is 4.08. The van der Waals surface area contributed by atoms with E-state index in [4.69, 9.17) is 9.47 Å². The van der Waals surface area contributed by atoms with Gasteiger partial charge in [-0.05, 0) is 47.5 Å². The van der Waals surface area contributed by atoms with E-state index in [9.17, 15) is 4.79 Å². The Balaban J connectivity index is 1.12. The number of nitrogens with zero attached hydrogens (tertiary/aromatic N) is 4. The van der Waals surface area contributed by atoms with Gasteiger partial charge in [0.05, 0.1) is 20.3 Å². The van der Waals surface area contributed by atoms with Crippen molar-refractivity contribution in [3.63, 3.8) is 0 Å². The minimum Gasteiger partial charge on any atom is -0.497 e. The van der Waals surface area contributed by atoms with Crippen molar-refractivity contribution in [3.05, 3.63) is 72.7 Å². The van der Waals surface area contributed by atoms with E-state index in [1.165, 1.54) is 0 Å². The Kier molecular flexibility index (Phi) is 9.03. The van der Waals surface area contributed by atoms with Crippen molar-refractivity contribution in [2.45, 2.75) is 13.0 Å². The monoisotopic (exact) mass is 475 g/mol. The van der Waals surface area contributed by atoms with Gasteiger partial charge in [-0.15, -0.1) is 0 Å². The van der Waals surface area contributed by atoms with E-state index in [1.54, 1.807) is 7.11 Å². The minimum atomic E-state index is -0.00482. The maximum Gasteiger partial charge on any atom is 0.222 e. The van der Waals surface area contributed by atoms with Gasteiger partial charge in [-0.2, -0.15) is 0 Å². The molecule has 35 heavy (non-hydrogen) atoms. The predicted molar refractivity (Wildman–Crippen MR) is 136 cm³/mol. The van der Waals surface area contributed by atoms with Crippen LogP contribution in [0, 0.1) is 0 Å². The molecule has 4 rings (SSSR count). The Labute approximate surface area is 206 Å². The summed E-state index contributed by atoms with van der Waals surface area (Å²) in [7, 11) is 1.64. The van der Waals surface area contributed by atoms with E-state index < -0.39 is 0 Å². The molecular formula is C27H33N5O3. The molecule has 1 aliphatic rings. The summed E-state index contributed by atoms with van der Waals surface area (Å²) in [6.45, 7) is 6.17. The molecular weight excluding hydrogens is 442 g/mol. The highest BCUT2D eigenvalue weighted by Crippen LogP contribution is 2.28. The molecule has 0 spiro atoms. The Morgan fingerprint density at radius 2 is 1.74 bits per heavy atom. The number of hydrogen-bond donors (Lipinski definition) is 1. The molecule has 1 aliphatic heterocycles. The highest BCUT2D eigenvalue weighted by Gasteiger charge is 2.20. The van der Waals surface area contributed by atoms with Gasteiger partial charge in [-0.25, -0.2) is 4.98 Å². The number of ether oxygens (including phenoxy) is 2. The molecule has 1 N–H and O–H groups in total. The molecule has 0 unspecified atom stereocenters. The number of anilines is 1. The van der Waals surface area contributed by atoms with E-state index in [0.29, 0.717) is 26.2 Å². The standard InChI is InChI=1S/C27H33N5O3/c1-34-24-6-4-22(5-7-24)21-30-26(33)10-19-35-20-18-31-14-16-32(17-15-31)27-25(3-2-11-29-27)23-8-12-28-13-9-23/h2-9,11-13H,10,14-21H2,1H3,(H,30,33). The van der Waals surface area contributed by atoms with Gasteiger partial charge in [0.25, 0.3) is 0 Å². The largest absolute Gasteiger partial charge is 0.497 e. The topological polar surface area (TPSA) is 79.8 Å². The molecule has 1 fully saturated rings. The van der Waals surface area contributed by atoms with Gasteiger partial charge in [0.2, 0.25) is 5.91 Å². The molecule has 8 heteroatoms. The van der Waals surface area contributed by atoms with Gasteiger partial charge in [0.15, 0.2) is 0 Å². The fourth-order valence-electron chi connectivity index (χ4n) is 4.08. The molecule has 0 saturated carbocycles. The summed E-state index contributed by atoms with van der Waals surface area (Å²) in [5.74, 6) is 1.83. The third-order valence-electron chi connectivity index (χ3n) is 6.12. The summed E-state index contributed by atoms with van der Waals surface area (Å²) in [4.78, 5) is 25.6. The molecule has 1 saturated heterocycles. The molecule has 2 aromatic heterocycles. The maximum atomic E-state index is 12.1. The third-order valence-corrected chi connectivity index (χ3v) is 6.12. The normalized spacial score (nSPS) is 14.0. The van der Waals surface area contributed by atoms with Crippen molar-refractivity contribution < 1.29 is 14.3 Å². The molecule has 0 radical (unpaired) electrons. The Morgan fingerprint density at radius 3 is 2.49 bits per heavy atom. The first-order valence-corrected chi connectivity index (χ1v) is 12.0. The van der Waals surface area contributed by atoms with Crippen LogP contribution in [-0.4, -0.2) is 73.8 Å². The lowest BCUT2D eigenvalue weighted by Crippen LogP contribution is -2.47. The number of amides is 1. The number of piperazine rings is 1. The van der Waals surface area contributed by atoms with Crippen LogP contribution in [0.5, 0.6) is 5.75 Å². The number of hydrogen-bond acceptors (Lipinski definition) is 7. The second kappa shape index (κ2) is 12.8. The first kappa shape index (κ1) is 24.6. The van der Waals surface area contributed by atoms with Crippen molar-refractivity contribution in [2.75, 3.05) is 57.9 Å². The lowest BCUT2D eigenvalue weighted by Gasteiger charge is -2.36. The summed E-state index contributed by atoms with van der Waals surface area (Å²) >= 11 is 0. The van der Waals surface area contributed by atoms with E-state index >= 15 is 0 Å². The average Bonchev–Trinajstić information content (AvgIpc) is 2.93. The summed E-state index contributed by atoms with van der Waals surface area (Å²) in [6.07, 6.45) is 5.85. The number of benzene rings is 1. The number of methoxy groups -OCH3 is 1. The SMILES string of the molecule is COc1ccc(CNC(=O)CCOCCN2CCN(c3ncccc3-c3ccncc3)CC2)cc1. The van der Waals surface area contributed by atoms with Gasteiger partial charge in [-0.3, -0.25) is 14.7 Å². The second-order valence-corrected chi connectivity index (χ2v) is 8.43. The first-order chi connectivity index (χ1) is 17.2. The van der Waals surface area contributed by atoms with Gasteiger partial charge in [0.1, 0.15) is 11.6 Å². The quantitative estimate of drug-likeness (QED) is 0.427. The van der Waals surface area contributed by atoms with Crippen molar-refractivity contribution in [2.24, 2.45) is 0 Å². The fraction of sp³-hybridized carbons (Fsp3) is 0.370. The van der Waals surface area contributed by atoms with E-state index in [1.807, 2.05) is 61.1 Å². The van der Waals surface area contributed by atoms with Crippen LogP contribution >= 0.6 is 0 Å². The summed E-state index contributed by atoms with van der Waals surface area (Å²) in [6, 6.07) is 15.8. The minimum absolute atomic E-state index is 0.00482. The zero-order chi connectivity index (χ0) is 24.3. The molecule has 3 heterocycles. The van der Waals surface area contributed by atoms with Gasteiger partial charge in [0, 0.05) is 69.8 Å². The van der Waals surface area contributed by atoms with Crippen LogP contribution in [0.3, 0.4) is 0 Å². The van der Waals surface area contributed by atoms with Gasteiger partial charge < -0.3 is 19.7 Å². The first-order valence-electron chi connectivity index (χ1n) is 12.0. The zero-order valence-corrected chi connectivity index (χ0v) is 20.2. The zero-order valence-electron chi connectivity index (χ0n) is 20.2. The molecule has 1 amide bonds. The van der Waals surface area contributed by atoms with Crippen molar-refractivity contribution in [1.29, 1.82) is 0 Å². The molecule has 0 atom stereocenters. The summed E-state index contributed by atoms with van der Waals surface area (Å²) in [5, 5.41) is 2.93. The van der Waals surface area contributed by atoms with E-state index in [-0.39, 0.29) is 5.91 Å². The van der Waals surface area contributed by atoms with E-state index in [0.717, 1.165) is 61.0 Å². The van der Waals surface area contributed by atoms with E-state index in [2.05, 4.69) is 31.2 Å². The third kappa shape index (κ3) is 7.24. The number of nitrogens with one attached hydrogen (secondary N) is 1. The van der Waals surface area contributed by atoms with Crippen molar-refractivity contribution >= 4 is 11.7 Å². The molecule has 1 aromatic carbocycles. The second-order valence-electron chi connectivity index (χ2n) is 8.43. The summed E-state index contributed by atoms with van der Waals surface area (Å²) < 4.78 is 10.9. The lowest BCUT2D eigenvalue weighted by molar-refractivity contribution is -0.122. The van der Waals surface area contributed by atoms with Gasteiger partial charge in [-0.1, -0.05) is 12.1 Å². The van der Waals surface area contributed by atoms with Crippen LogP contribution in [0.1, 0.15) is 12.0 Å². The molecule has 3 aromatic rings. The number of aromatic nitrogens is 2. The highest BCUT2D eigenvalue weighted by molar-refractivity contribution is 5.76. The van der Waals surface area contributed by atoms with Crippen molar-refractivity contribution in [1.82, 2.24) is 20.2 Å². The molecule has 0 aliphatic carbocycles. The van der Waals surface area contributed by atoms with Crippen LogP contribution < -0.4 is 15.0 Å². The van der Waals surface area contributed by atoms with Crippen LogP contribution in [-0.2, 0) is 16.1 Å². The van der Waals surface area contributed by atoms with Crippen LogP contribution in [0.25, 0.3) is 11.1 Å². The number of rotatable bonds is 11.